The van der Waals surface area contributed by atoms with Gasteiger partial charge in [0.1, 0.15) is 0 Å². The van der Waals surface area contributed by atoms with Crippen LogP contribution in [0.5, 0.6) is 0 Å². The number of carboxylic acids is 1. The number of urea groups is 1. The molecule has 1 aromatic rings. The lowest BCUT2D eigenvalue weighted by Gasteiger charge is -2.30. The van der Waals surface area contributed by atoms with Gasteiger partial charge in [-0.15, -0.1) is 0 Å². The van der Waals surface area contributed by atoms with Crippen molar-refractivity contribution in [3.05, 3.63) is 29.0 Å². The predicted octanol–water partition coefficient (Wildman–Crippen LogP) is 1.02. The van der Waals surface area contributed by atoms with E-state index in [-0.39, 0.29) is 19.4 Å². The summed E-state index contributed by atoms with van der Waals surface area (Å²) in [5, 5.41) is 11.6. The Hall–Kier alpha value is -2.15. The highest BCUT2D eigenvalue weighted by atomic mass is 35.5. The topological polar surface area (TPSA) is 99.6 Å². The highest BCUT2D eigenvalue weighted by Gasteiger charge is 2.33. The first-order chi connectivity index (χ1) is 9.45. The molecule has 3 amide bonds. The number of aromatic nitrogens is 1. The summed E-state index contributed by atoms with van der Waals surface area (Å²) in [5.41, 5.74) is 0.523. The number of amides is 3. The number of carbonyl (C=O) groups excluding carboxylic acids is 2. The molecule has 8 heteroatoms. The first-order valence-electron chi connectivity index (χ1n) is 5.89. The third kappa shape index (κ3) is 3.45. The van der Waals surface area contributed by atoms with Crippen LogP contribution in [0.1, 0.15) is 18.5 Å². The van der Waals surface area contributed by atoms with Crippen LogP contribution in [0.3, 0.4) is 0 Å². The summed E-state index contributed by atoms with van der Waals surface area (Å²) < 4.78 is 0. The molecule has 0 saturated carbocycles. The van der Waals surface area contributed by atoms with Crippen molar-refractivity contribution in [1.82, 2.24) is 15.2 Å². The minimum atomic E-state index is -1.06. The Morgan fingerprint density at radius 3 is 2.80 bits per heavy atom. The summed E-state index contributed by atoms with van der Waals surface area (Å²) in [7, 11) is 0. The predicted molar refractivity (Wildman–Crippen MR) is 69.0 cm³/mol. The van der Waals surface area contributed by atoms with E-state index >= 15 is 0 Å². The Bertz CT molecular complexity index is 528. The van der Waals surface area contributed by atoms with Crippen molar-refractivity contribution in [3.63, 3.8) is 0 Å². The van der Waals surface area contributed by atoms with Crippen molar-refractivity contribution in [2.45, 2.75) is 25.4 Å². The average molecular weight is 298 g/mol. The van der Waals surface area contributed by atoms with Crippen LogP contribution >= 0.6 is 11.6 Å². The number of aliphatic carboxylic acids is 1. The van der Waals surface area contributed by atoms with Gasteiger partial charge in [-0.25, -0.2) is 4.79 Å². The smallest absolute Gasteiger partial charge is 0.324 e. The van der Waals surface area contributed by atoms with Gasteiger partial charge in [0.05, 0.1) is 23.7 Å². The van der Waals surface area contributed by atoms with E-state index in [1.165, 1.54) is 6.20 Å². The fourth-order valence-corrected chi connectivity index (χ4v) is 2.01. The molecule has 1 atom stereocenters. The third-order valence-corrected chi connectivity index (χ3v) is 3.05. The molecule has 1 aliphatic rings. The first kappa shape index (κ1) is 14.3. The van der Waals surface area contributed by atoms with Crippen LogP contribution in [0.2, 0.25) is 5.02 Å². The number of carboxylic acid groups (broad SMARTS) is 1. The lowest BCUT2D eigenvalue weighted by atomic mass is 10.1. The van der Waals surface area contributed by atoms with Crippen molar-refractivity contribution in [2.24, 2.45) is 0 Å². The molecule has 0 spiro atoms. The van der Waals surface area contributed by atoms with E-state index in [1.54, 1.807) is 12.1 Å². The second-order valence-electron chi connectivity index (χ2n) is 4.40. The number of hydrogen-bond donors (Lipinski definition) is 2. The van der Waals surface area contributed by atoms with E-state index in [9.17, 15) is 14.4 Å². The standard InChI is InChI=1S/C12H12ClN3O4/c13-7-1-2-8(14-5-7)6-16-10(17)3-9(4-11(18)19)15-12(16)20/h1-2,5,9H,3-4,6H2,(H,15,20)(H,18,19)/t9-/m1/s1. The summed E-state index contributed by atoms with van der Waals surface area (Å²) >= 11 is 5.70. The number of carbonyl (C=O) groups is 3. The average Bonchev–Trinajstić information content (AvgIpc) is 2.35. The molecule has 2 rings (SSSR count). The molecule has 0 bridgehead atoms. The lowest BCUT2D eigenvalue weighted by Crippen LogP contribution is -2.54. The summed E-state index contributed by atoms with van der Waals surface area (Å²) in [6, 6.07) is 1.96. The van der Waals surface area contributed by atoms with Gasteiger partial charge in [-0.1, -0.05) is 11.6 Å². The highest BCUT2D eigenvalue weighted by Crippen LogP contribution is 2.14. The van der Waals surface area contributed by atoms with Crippen LogP contribution < -0.4 is 5.32 Å². The summed E-state index contributed by atoms with van der Waals surface area (Å²) in [5.74, 6) is -1.48. The van der Waals surface area contributed by atoms with Gasteiger partial charge in [0.15, 0.2) is 0 Å². The number of imide groups is 1. The molecule has 0 radical (unpaired) electrons. The molecule has 0 unspecified atom stereocenters. The van der Waals surface area contributed by atoms with Crippen molar-refractivity contribution >= 4 is 29.5 Å². The molecular weight excluding hydrogens is 286 g/mol. The molecule has 106 valence electrons. The molecule has 1 aromatic heterocycles. The van der Waals surface area contributed by atoms with Gasteiger partial charge in [-0.3, -0.25) is 19.5 Å². The number of halogens is 1. The van der Waals surface area contributed by atoms with Gasteiger partial charge >= 0.3 is 12.0 Å². The number of nitrogens with zero attached hydrogens (tertiary/aromatic N) is 2. The fourth-order valence-electron chi connectivity index (χ4n) is 1.89. The molecule has 2 heterocycles. The van der Waals surface area contributed by atoms with E-state index in [2.05, 4.69) is 10.3 Å². The normalized spacial score (nSPS) is 18.9. The monoisotopic (exact) mass is 297 g/mol. The Morgan fingerprint density at radius 2 is 2.25 bits per heavy atom. The van der Waals surface area contributed by atoms with E-state index in [1.807, 2.05) is 0 Å². The second kappa shape index (κ2) is 5.87. The Morgan fingerprint density at radius 1 is 1.50 bits per heavy atom. The highest BCUT2D eigenvalue weighted by molar-refractivity contribution is 6.30. The Balaban J connectivity index is 2.03. The number of nitrogens with one attached hydrogen (secondary N) is 1. The molecule has 20 heavy (non-hydrogen) atoms. The first-order valence-corrected chi connectivity index (χ1v) is 6.26. The van der Waals surface area contributed by atoms with E-state index < -0.39 is 23.9 Å². The summed E-state index contributed by atoms with van der Waals surface area (Å²) in [6.45, 7) is 0.0294. The van der Waals surface area contributed by atoms with Crippen molar-refractivity contribution in [2.75, 3.05) is 0 Å². The van der Waals surface area contributed by atoms with E-state index in [0.29, 0.717) is 10.7 Å². The molecule has 1 aliphatic heterocycles. The van der Waals surface area contributed by atoms with Crippen molar-refractivity contribution < 1.29 is 19.5 Å². The quantitative estimate of drug-likeness (QED) is 0.864. The van der Waals surface area contributed by atoms with Gasteiger partial charge in [0.25, 0.3) is 0 Å². The largest absolute Gasteiger partial charge is 0.481 e. The second-order valence-corrected chi connectivity index (χ2v) is 4.83. The maximum Gasteiger partial charge on any atom is 0.324 e. The van der Waals surface area contributed by atoms with E-state index in [0.717, 1.165) is 4.90 Å². The number of pyridine rings is 1. The molecule has 0 aliphatic carbocycles. The minimum absolute atomic E-state index is 0.0294. The number of hydrogen-bond acceptors (Lipinski definition) is 4. The van der Waals surface area contributed by atoms with Crippen molar-refractivity contribution in [3.8, 4) is 0 Å². The van der Waals surface area contributed by atoms with Crippen LogP contribution in [0.4, 0.5) is 4.79 Å². The molecule has 2 N–H and O–H groups in total. The maximum absolute atomic E-state index is 11.9. The molecule has 1 fully saturated rings. The zero-order valence-electron chi connectivity index (χ0n) is 10.4. The van der Waals surface area contributed by atoms with Gasteiger partial charge in [0, 0.05) is 18.7 Å². The van der Waals surface area contributed by atoms with Crippen LogP contribution in [0.25, 0.3) is 0 Å². The lowest BCUT2D eigenvalue weighted by molar-refractivity contribution is -0.138. The van der Waals surface area contributed by atoms with Crippen molar-refractivity contribution in [1.29, 1.82) is 0 Å². The summed E-state index contributed by atoms with van der Waals surface area (Å²) in [4.78, 5) is 39.3. The van der Waals surface area contributed by atoms with Gasteiger partial charge in [-0.2, -0.15) is 0 Å². The fraction of sp³-hybridized carbons (Fsp3) is 0.333. The Labute approximate surface area is 119 Å². The van der Waals surface area contributed by atoms with Crippen LogP contribution in [-0.2, 0) is 16.1 Å². The number of rotatable bonds is 4. The molecule has 7 nitrogen and oxygen atoms in total. The third-order valence-electron chi connectivity index (χ3n) is 2.82. The van der Waals surface area contributed by atoms with Crippen LogP contribution in [-0.4, -0.2) is 38.9 Å². The zero-order chi connectivity index (χ0) is 14.7. The molecular formula is C12H12ClN3O4. The van der Waals surface area contributed by atoms with Crippen LogP contribution in [0.15, 0.2) is 18.3 Å². The minimum Gasteiger partial charge on any atom is -0.481 e. The molecule has 1 saturated heterocycles. The van der Waals surface area contributed by atoms with Gasteiger partial charge in [-0.05, 0) is 12.1 Å². The summed E-state index contributed by atoms with van der Waals surface area (Å²) in [6.07, 6.45) is 1.12. The van der Waals surface area contributed by atoms with Gasteiger partial charge < -0.3 is 10.4 Å². The Kier molecular flexibility index (Phi) is 4.19. The van der Waals surface area contributed by atoms with Crippen LogP contribution in [0, 0.1) is 0 Å². The van der Waals surface area contributed by atoms with Gasteiger partial charge in [0.2, 0.25) is 5.91 Å². The maximum atomic E-state index is 11.9. The SMILES string of the molecule is O=C(O)C[C@H]1CC(=O)N(Cc2ccc(Cl)cn2)C(=O)N1. The molecule has 0 aromatic carbocycles. The van der Waals surface area contributed by atoms with E-state index in [4.69, 9.17) is 16.7 Å². The zero-order valence-corrected chi connectivity index (χ0v) is 11.1.